The Kier molecular flexibility index (Phi) is 4.42. The standard InChI is InChI=1S/C13H23N3O/c1-11(10-17-2)15-13-14-8-9-16(13)12-6-4-3-5-7-12/h8-9,11-12H,3-7,10H2,1-2H3,(H,14,15). The molecule has 1 aliphatic carbocycles. The molecule has 1 heterocycles. The lowest BCUT2D eigenvalue weighted by atomic mass is 9.95. The predicted molar refractivity (Wildman–Crippen MR) is 69.3 cm³/mol. The van der Waals surface area contributed by atoms with Crippen molar-refractivity contribution in [3.63, 3.8) is 0 Å². The Morgan fingerprint density at radius 1 is 1.47 bits per heavy atom. The molecule has 1 aromatic heterocycles. The zero-order chi connectivity index (χ0) is 12.1. The highest BCUT2D eigenvalue weighted by molar-refractivity contribution is 5.28. The molecule has 0 aliphatic heterocycles. The van der Waals surface area contributed by atoms with E-state index in [1.807, 2.05) is 6.20 Å². The van der Waals surface area contributed by atoms with Crippen LogP contribution in [0.4, 0.5) is 5.95 Å². The van der Waals surface area contributed by atoms with E-state index >= 15 is 0 Å². The number of ether oxygens (including phenoxy) is 1. The van der Waals surface area contributed by atoms with Gasteiger partial charge in [0.2, 0.25) is 5.95 Å². The fourth-order valence-electron chi connectivity index (χ4n) is 2.59. The molecule has 0 saturated heterocycles. The molecule has 1 unspecified atom stereocenters. The molecule has 1 saturated carbocycles. The van der Waals surface area contributed by atoms with Gasteiger partial charge in [-0.2, -0.15) is 0 Å². The van der Waals surface area contributed by atoms with Gasteiger partial charge in [0.1, 0.15) is 0 Å². The summed E-state index contributed by atoms with van der Waals surface area (Å²) in [5, 5.41) is 3.42. The number of methoxy groups -OCH3 is 1. The lowest BCUT2D eigenvalue weighted by Crippen LogP contribution is -2.24. The Labute approximate surface area is 103 Å². The second-order valence-electron chi connectivity index (χ2n) is 4.95. The zero-order valence-electron chi connectivity index (χ0n) is 10.9. The molecular weight excluding hydrogens is 214 g/mol. The normalized spacial score (nSPS) is 19.2. The quantitative estimate of drug-likeness (QED) is 0.856. The fourth-order valence-corrected chi connectivity index (χ4v) is 2.59. The van der Waals surface area contributed by atoms with Crippen LogP contribution >= 0.6 is 0 Å². The summed E-state index contributed by atoms with van der Waals surface area (Å²) in [4.78, 5) is 4.41. The molecule has 1 aliphatic rings. The summed E-state index contributed by atoms with van der Waals surface area (Å²) in [6.07, 6.45) is 10.6. The monoisotopic (exact) mass is 237 g/mol. The van der Waals surface area contributed by atoms with E-state index in [9.17, 15) is 0 Å². The maximum Gasteiger partial charge on any atom is 0.203 e. The van der Waals surface area contributed by atoms with Gasteiger partial charge in [-0.25, -0.2) is 4.98 Å². The first-order chi connectivity index (χ1) is 8.31. The van der Waals surface area contributed by atoms with Crippen LogP contribution in [-0.4, -0.2) is 29.3 Å². The van der Waals surface area contributed by atoms with Crippen molar-refractivity contribution in [1.29, 1.82) is 0 Å². The van der Waals surface area contributed by atoms with Gasteiger partial charge in [0.05, 0.1) is 6.61 Å². The first-order valence-electron chi connectivity index (χ1n) is 6.59. The van der Waals surface area contributed by atoms with Gasteiger partial charge in [-0.15, -0.1) is 0 Å². The van der Waals surface area contributed by atoms with Gasteiger partial charge >= 0.3 is 0 Å². The van der Waals surface area contributed by atoms with E-state index in [4.69, 9.17) is 4.74 Å². The van der Waals surface area contributed by atoms with E-state index in [1.54, 1.807) is 7.11 Å². The number of nitrogens with one attached hydrogen (secondary N) is 1. The molecule has 0 bridgehead atoms. The van der Waals surface area contributed by atoms with E-state index < -0.39 is 0 Å². The third kappa shape index (κ3) is 3.22. The van der Waals surface area contributed by atoms with Crippen molar-refractivity contribution in [2.24, 2.45) is 0 Å². The molecule has 0 spiro atoms. The first kappa shape index (κ1) is 12.4. The van der Waals surface area contributed by atoms with E-state index in [0.717, 1.165) is 5.95 Å². The maximum atomic E-state index is 5.14. The minimum atomic E-state index is 0.296. The number of nitrogens with zero attached hydrogens (tertiary/aromatic N) is 2. The van der Waals surface area contributed by atoms with Crippen LogP contribution in [0.3, 0.4) is 0 Å². The second-order valence-corrected chi connectivity index (χ2v) is 4.95. The topological polar surface area (TPSA) is 39.1 Å². The van der Waals surface area contributed by atoms with Crippen molar-refractivity contribution in [2.45, 2.75) is 51.1 Å². The number of anilines is 1. The lowest BCUT2D eigenvalue weighted by Gasteiger charge is -2.25. The van der Waals surface area contributed by atoms with Crippen LogP contribution in [0.5, 0.6) is 0 Å². The molecule has 0 radical (unpaired) electrons. The maximum absolute atomic E-state index is 5.14. The SMILES string of the molecule is COCC(C)Nc1nccn1C1CCCCC1. The molecule has 96 valence electrons. The van der Waals surface area contributed by atoms with E-state index in [-0.39, 0.29) is 0 Å². The second kappa shape index (κ2) is 6.05. The van der Waals surface area contributed by atoms with E-state index in [0.29, 0.717) is 18.7 Å². The predicted octanol–water partition coefficient (Wildman–Crippen LogP) is 2.84. The summed E-state index contributed by atoms with van der Waals surface area (Å²) in [5.74, 6) is 0.987. The van der Waals surface area contributed by atoms with Crippen LogP contribution in [0.1, 0.15) is 45.1 Å². The van der Waals surface area contributed by atoms with Gasteiger partial charge in [0.15, 0.2) is 0 Å². The van der Waals surface area contributed by atoms with E-state index in [1.165, 1.54) is 32.1 Å². The molecule has 17 heavy (non-hydrogen) atoms. The van der Waals surface area contributed by atoms with Gasteiger partial charge in [0.25, 0.3) is 0 Å². The largest absolute Gasteiger partial charge is 0.383 e. The molecule has 1 N–H and O–H groups in total. The van der Waals surface area contributed by atoms with E-state index in [2.05, 4.69) is 28.0 Å². The fraction of sp³-hybridized carbons (Fsp3) is 0.769. The molecule has 1 atom stereocenters. The van der Waals surface area contributed by atoms with Gasteiger partial charge in [-0.3, -0.25) is 0 Å². The Bertz CT molecular complexity index is 331. The molecule has 0 amide bonds. The van der Waals surface area contributed by atoms with Crippen molar-refractivity contribution in [3.8, 4) is 0 Å². The van der Waals surface area contributed by atoms with Crippen LogP contribution < -0.4 is 5.32 Å². The van der Waals surface area contributed by atoms with Gasteiger partial charge < -0.3 is 14.6 Å². The van der Waals surface area contributed by atoms with Gasteiger partial charge in [-0.05, 0) is 19.8 Å². The van der Waals surface area contributed by atoms with Crippen molar-refractivity contribution in [1.82, 2.24) is 9.55 Å². The van der Waals surface area contributed by atoms with Gasteiger partial charge in [-0.1, -0.05) is 19.3 Å². The highest BCUT2D eigenvalue weighted by Crippen LogP contribution is 2.30. The van der Waals surface area contributed by atoms with Crippen LogP contribution in [-0.2, 0) is 4.74 Å². The smallest absolute Gasteiger partial charge is 0.203 e. The summed E-state index contributed by atoms with van der Waals surface area (Å²) >= 11 is 0. The Hall–Kier alpha value is -1.03. The zero-order valence-corrected chi connectivity index (χ0v) is 10.9. The highest BCUT2D eigenvalue weighted by Gasteiger charge is 2.18. The Morgan fingerprint density at radius 2 is 2.24 bits per heavy atom. The lowest BCUT2D eigenvalue weighted by molar-refractivity contribution is 0.190. The van der Waals surface area contributed by atoms with Crippen LogP contribution in [0.25, 0.3) is 0 Å². The van der Waals surface area contributed by atoms with Crippen molar-refractivity contribution in [2.75, 3.05) is 19.0 Å². The summed E-state index contributed by atoms with van der Waals surface area (Å²) < 4.78 is 7.44. The molecule has 4 heteroatoms. The third-order valence-electron chi connectivity index (χ3n) is 3.43. The number of hydrogen-bond donors (Lipinski definition) is 1. The van der Waals surface area contributed by atoms with Crippen molar-refractivity contribution >= 4 is 5.95 Å². The Balaban J connectivity index is 2.00. The molecule has 1 fully saturated rings. The number of aromatic nitrogens is 2. The summed E-state index contributed by atoms with van der Waals surface area (Å²) in [6.45, 7) is 2.82. The minimum absolute atomic E-state index is 0.296. The van der Waals surface area contributed by atoms with Gasteiger partial charge in [0, 0.05) is 31.6 Å². The number of rotatable bonds is 5. The summed E-state index contributed by atoms with van der Waals surface area (Å²) in [6, 6.07) is 0.924. The van der Waals surface area contributed by atoms with Crippen LogP contribution in [0.15, 0.2) is 12.4 Å². The van der Waals surface area contributed by atoms with Crippen LogP contribution in [0.2, 0.25) is 0 Å². The molecule has 4 nitrogen and oxygen atoms in total. The van der Waals surface area contributed by atoms with Crippen molar-refractivity contribution < 1.29 is 4.74 Å². The number of hydrogen-bond acceptors (Lipinski definition) is 3. The highest BCUT2D eigenvalue weighted by atomic mass is 16.5. The molecule has 2 rings (SSSR count). The minimum Gasteiger partial charge on any atom is -0.383 e. The molecular formula is C13H23N3O. The van der Waals surface area contributed by atoms with Crippen LogP contribution in [0, 0.1) is 0 Å². The summed E-state index contributed by atoms with van der Waals surface area (Å²) in [5.41, 5.74) is 0. The summed E-state index contributed by atoms with van der Waals surface area (Å²) in [7, 11) is 1.73. The average Bonchev–Trinajstić information content (AvgIpc) is 2.78. The Morgan fingerprint density at radius 3 is 2.94 bits per heavy atom. The third-order valence-corrected chi connectivity index (χ3v) is 3.43. The van der Waals surface area contributed by atoms with Crippen molar-refractivity contribution in [3.05, 3.63) is 12.4 Å². The molecule has 1 aromatic rings. The average molecular weight is 237 g/mol. The number of imidazole rings is 1. The first-order valence-corrected chi connectivity index (χ1v) is 6.59. The molecule has 0 aromatic carbocycles.